The molecular weight excluding hydrogens is 420 g/mol. The number of piperidine rings is 1. The van der Waals surface area contributed by atoms with Gasteiger partial charge in [-0.15, -0.1) is 0 Å². The van der Waals surface area contributed by atoms with E-state index in [1.54, 1.807) is 29.2 Å². The molecule has 184 valence electrons. The van der Waals surface area contributed by atoms with Crippen molar-refractivity contribution in [3.8, 4) is 0 Å². The van der Waals surface area contributed by atoms with Crippen molar-refractivity contribution < 1.29 is 19.1 Å². The first-order chi connectivity index (χ1) is 15.4. The van der Waals surface area contributed by atoms with Crippen LogP contribution in [-0.4, -0.2) is 65.2 Å². The van der Waals surface area contributed by atoms with Gasteiger partial charge in [-0.1, -0.05) is 12.1 Å². The maximum Gasteiger partial charge on any atom is 0.410 e. The molecule has 1 fully saturated rings. The van der Waals surface area contributed by atoms with E-state index in [4.69, 9.17) is 4.74 Å². The molecule has 1 aliphatic heterocycles. The maximum atomic E-state index is 13.4. The van der Waals surface area contributed by atoms with Gasteiger partial charge in [-0.3, -0.25) is 4.79 Å². The second-order valence-electron chi connectivity index (χ2n) is 10.3. The summed E-state index contributed by atoms with van der Waals surface area (Å²) in [6.45, 7) is 15.0. The molecule has 1 aromatic rings. The van der Waals surface area contributed by atoms with E-state index < -0.39 is 5.60 Å². The topological polar surface area (TPSA) is 91.0 Å². The van der Waals surface area contributed by atoms with Crippen molar-refractivity contribution in [3.05, 3.63) is 29.8 Å². The number of anilines is 1. The standard InChI is InChI=1S/C25H40N4O4/c1-17(2)26-23(31)27-21-13-9-8-12-20(21)22(30)28-14-10-11-19(15-28)16-29(18(3)4)24(32)33-25(5,6)7/h8-9,12-13,17-19H,10-11,14-16H2,1-7H3,(H2,26,27,31). The molecule has 33 heavy (non-hydrogen) atoms. The highest BCUT2D eigenvalue weighted by Crippen LogP contribution is 2.24. The van der Waals surface area contributed by atoms with Crippen LogP contribution in [0.4, 0.5) is 15.3 Å². The monoisotopic (exact) mass is 460 g/mol. The molecule has 1 saturated heterocycles. The van der Waals surface area contributed by atoms with Crippen LogP contribution in [0.3, 0.4) is 0 Å². The van der Waals surface area contributed by atoms with Crippen LogP contribution in [0.2, 0.25) is 0 Å². The zero-order valence-corrected chi connectivity index (χ0v) is 21.1. The highest BCUT2D eigenvalue weighted by Gasteiger charge is 2.31. The summed E-state index contributed by atoms with van der Waals surface area (Å²) >= 11 is 0. The van der Waals surface area contributed by atoms with E-state index in [0.29, 0.717) is 30.9 Å². The fourth-order valence-corrected chi connectivity index (χ4v) is 3.86. The lowest BCUT2D eigenvalue weighted by Crippen LogP contribution is -2.48. The smallest absolute Gasteiger partial charge is 0.410 e. The largest absolute Gasteiger partial charge is 0.444 e. The molecule has 1 atom stereocenters. The Morgan fingerprint density at radius 2 is 1.82 bits per heavy atom. The van der Waals surface area contributed by atoms with Gasteiger partial charge in [0.1, 0.15) is 5.60 Å². The Morgan fingerprint density at radius 3 is 2.42 bits per heavy atom. The zero-order chi connectivity index (χ0) is 24.8. The third-order valence-corrected chi connectivity index (χ3v) is 5.34. The Morgan fingerprint density at radius 1 is 1.15 bits per heavy atom. The van der Waals surface area contributed by atoms with Crippen LogP contribution in [0.25, 0.3) is 0 Å². The lowest BCUT2D eigenvalue weighted by atomic mass is 9.96. The first-order valence-corrected chi connectivity index (χ1v) is 11.8. The summed E-state index contributed by atoms with van der Waals surface area (Å²) in [6, 6.07) is 6.70. The molecule has 1 unspecified atom stereocenters. The average Bonchev–Trinajstić information content (AvgIpc) is 2.70. The second kappa shape index (κ2) is 11.4. The first-order valence-electron chi connectivity index (χ1n) is 11.8. The van der Waals surface area contributed by atoms with Crippen molar-refractivity contribution in [2.24, 2.45) is 5.92 Å². The summed E-state index contributed by atoms with van der Waals surface area (Å²) < 4.78 is 5.59. The third-order valence-electron chi connectivity index (χ3n) is 5.34. The molecule has 0 saturated carbocycles. The average molecular weight is 461 g/mol. The molecule has 2 rings (SSSR count). The predicted molar refractivity (Wildman–Crippen MR) is 130 cm³/mol. The molecule has 0 bridgehead atoms. The number of hydrogen-bond acceptors (Lipinski definition) is 4. The van der Waals surface area contributed by atoms with Crippen LogP contribution in [0.15, 0.2) is 24.3 Å². The number of hydrogen-bond donors (Lipinski definition) is 2. The van der Waals surface area contributed by atoms with E-state index in [1.807, 2.05) is 53.4 Å². The quantitative estimate of drug-likeness (QED) is 0.643. The van der Waals surface area contributed by atoms with Gasteiger partial charge in [-0.2, -0.15) is 0 Å². The zero-order valence-electron chi connectivity index (χ0n) is 21.1. The number of nitrogens with zero attached hydrogens (tertiary/aromatic N) is 2. The molecule has 1 aliphatic rings. The van der Waals surface area contributed by atoms with E-state index >= 15 is 0 Å². The molecule has 8 nitrogen and oxygen atoms in total. The maximum absolute atomic E-state index is 13.4. The van der Waals surface area contributed by atoms with Crippen molar-refractivity contribution in [2.45, 2.75) is 79.0 Å². The van der Waals surface area contributed by atoms with Gasteiger partial charge in [-0.05, 0) is 79.4 Å². The number of carbonyl (C=O) groups excluding carboxylic acids is 3. The number of rotatable bonds is 6. The van der Waals surface area contributed by atoms with Crippen LogP contribution < -0.4 is 10.6 Å². The third kappa shape index (κ3) is 8.26. The van der Waals surface area contributed by atoms with Crippen LogP contribution in [0.1, 0.15) is 71.7 Å². The lowest BCUT2D eigenvalue weighted by Gasteiger charge is -2.37. The van der Waals surface area contributed by atoms with Crippen molar-refractivity contribution >= 4 is 23.7 Å². The normalized spacial score (nSPS) is 16.5. The van der Waals surface area contributed by atoms with Crippen LogP contribution in [-0.2, 0) is 4.74 Å². The summed E-state index contributed by atoms with van der Waals surface area (Å²) in [5.74, 6) is 0.0375. The second-order valence-corrected chi connectivity index (χ2v) is 10.3. The number of benzene rings is 1. The van der Waals surface area contributed by atoms with Crippen LogP contribution >= 0.6 is 0 Å². The van der Waals surface area contributed by atoms with Gasteiger partial charge in [0, 0.05) is 31.7 Å². The SMILES string of the molecule is CC(C)NC(=O)Nc1ccccc1C(=O)N1CCCC(CN(C(=O)OC(C)(C)C)C(C)C)C1. The Labute approximate surface area is 198 Å². The molecular formula is C25H40N4O4. The molecule has 0 aromatic heterocycles. The Kier molecular flexibility index (Phi) is 9.14. The highest BCUT2D eigenvalue weighted by molar-refractivity contribution is 6.03. The molecule has 1 aromatic carbocycles. The summed E-state index contributed by atoms with van der Waals surface area (Å²) in [6.07, 6.45) is 1.47. The molecule has 0 radical (unpaired) electrons. The minimum absolute atomic E-state index is 0.00433. The van der Waals surface area contributed by atoms with Crippen molar-refractivity contribution in [1.82, 2.24) is 15.1 Å². The van der Waals surface area contributed by atoms with Gasteiger partial charge < -0.3 is 25.2 Å². The fourth-order valence-electron chi connectivity index (χ4n) is 3.86. The van der Waals surface area contributed by atoms with Gasteiger partial charge in [0.25, 0.3) is 5.91 Å². The lowest BCUT2D eigenvalue weighted by molar-refractivity contribution is 0.0124. The van der Waals surface area contributed by atoms with Gasteiger partial charge in [0.15, 0.2) is 0 Å². The minimum Gasteiger partial charge on any atom is -0.444 e. The Bertz CT molecular complexity index is 832. The summed E-state index contributed by atoms with van der Waals surface area (Å²) in [5, 5.41) is 5.57. The Hall–Kier alpha value is -2.77. The number of likely N-dealkylation sites (tertiary alicyclic amines) is 1. The van der Waals surface area contributed by atoms with E-state index in [-0.39, 0.29) is 36.0 Å². The molecule has 0 spiro atoms. The number of ether oxygens (including phenoxy) is 1. The van der Waals surface area contributed by atoms with Crippen LogP contribution in [0, 0.1) is 5.92 Å². The number of amides is 4. The van der Waals surface area contributed by atoms with E-state index in [2.05, 4.69) is 10.6 Å². The van der Waals surface area contributed by atoms with Gasteiger partial charge in [0.2, 0.25) is 0 Å². The first kappa shape index (κ1) is 26.5. The molecule has 1 heterocycles. The number of urea groups is 1. The van der Waals surface area contributed by atoms with Crippen molar-refractivity contribution in [1.29, 1.82) is 0 Å². The van der Waals surface area contributed by atoms with E-state index in [1.165, 1.54) is 0 Å². The van der Waals surface area contributed by atoms with Gasteiger partial charge >= 0.3 is 12.1 Å². The molecule has 2 N–H and O–H groups in total. The van der Waals surface area contributed by atoms with Gasteiger partial charge in [0.05, 0.1) is 11.3 Å². The van der Waals surface area contributed by atoms with Gasteiger partial charge in [-0.25, -0.2) is 9.59 Å². The van der Waals surface area contributed by atoms with E-state index in [0.717, 1.165) is 12.8 Å². The summed E-state index contributed by atoms with van der Waals surface area (Å²) in [4.78, 5) is 41.8. The van der Waals surface area contributed by atoms with E-state index in [9.17, 15) is 14.4 Å². The molecule has 0 aliphatic carbocycles. The minimum atomic E-state index is -0.558. The van der Waals surface area contributed by atoms with Crippen molar-refractivity contribution in [3.63, 3.8) is 0 Å². The predicted octanol–water partition coefficient (Wildman–Crippen LogP) is 4.71. The van der Waals surface area contributed by atoms with Crippen LogP contribution in [0.5, 0.6) is 0 Å². The molecule has 8 heteroatoms. The number of nitrogens with one attached hydrogen (secondary N) is 2. The van der Waals surface area contributed by atoms with Crippen molar-refractivity contribution in [2.75, 3.05) is 25.0 Å². The molecule has 4 amide bonds. The number of para-hydroxylation sites is 1. The fraction of sp³-hybridized carbons (Fsp3) is 0.640. The number of carbonyl (C=O) groups is 3. The summed E-state index contributed by atoms with van der Waals surface area (Å²) in [7, 11) is 0. The Balaban J connectivity index is 2.10. The summed E-state index contributed by atoms with van der Waals surface area (Å²) in [5.41, 5.74) is 0.391. The highest BCUT2D eigenvalue weighted by atomic mass is 16.6.